The maximum absolute atomic E-state index is 13.4. The minimum atomic E-state index is -1.41. The fourth-order valence-electron chi connectivity index (χ4n) is 5.65. The molecule has 212 valence electrons. The Kier molecular flexibility index (Phi) is 9.48. The van der Waals surface area contributed by atoms with Gasteiger partial charge in [0.2, 0.25) is 0 Å². The number of carboxylic acids is 1. The van der Waals surface area contributed by atoms with Gasteiger partial charge in [0.05, 0.1) is 34.9 Å². The van der Waals surface area contributed by atoms with Crippen LogP contribution >= 0.6 is 0 Å². The van der Waals surface area contributed by atoms with Crippen LogP contribution in [-0.2, 0) is 38.1 Å². The maximum atomic E-state index is 13.4. The van der Waals surface area contributed by atoms with Crippen molar-refractivity contribution in [3.63, 3.8) is 0 Å². The molecular formula is C28H46O9. The standard InChI is InChI=1S/C28H46O9/c1-10-27(8,24(33)37-25(3,4)5)16-28(9,22(30)31)15-26(6,7)23(32)36-20-13-18-17(14-35-21(18)29)12-19(20)34-11-2/h17-20H,10-16H2,1-9H3,(H,30,31). The SMILES string of the molecule is CCOC1CC2COC(=O)C2CC1OC(=O)C(C)(C)CC(C)(CC(C)(CC)C(=O)OC(C)(C)C)C(=O)O. The molecule has 1 saturated heterocycles. The lowest BCUT2D eigenvalue weighted by Gasteiger charge is -2.41. The second kappa shape index (κ2) is 11.3. The summed E-state index contributed by atoms with van der Waals surface area (Å²) in [7, 11) is 0. The highest BCUT2D eigenvalue weighted by Crippen LogP contribution is 2.46. The van der Waals surface area contributed by atoms with E-state index in [2.05, 4.69) is 0 Å². The summed E-state index contributed by atoms with van der Waals surface area (Å²) in [5, 5.41) is 10.2. The molecule has 1 saturated carbocycles. The number of rotatable bonds is 11. The van der Waals surface area contributed by atoms with Crippen LogP contribution in [0.5, 0.6) is 0 Å². The molecule has 1 N–H and O–H groups in total. The van der Waals surface area contributed by atoms with Gasteiger partial charge in [-0.3, -0.25) is 19.2 Å². The molecule has 37 heavy (non-hydrogen) atoms. The third kappa shape index (κ3) is 7.45. The third-order valence-electron chi connectivity index (χ3n) is 7.74. The zero-order valence-electron chi connectivity index (χ0n) is 24.0. The van der Waals surface area contributed by atoms with Crippen LogP contribution in [0.2, 0.25) is 0 Å². The normalized spacial score (nSPS) is 27.3. The summed E-state index contributed by atoms with van der Waals surface area (Å²) >= 11 is 0. The Morgan fingerprint density at radius 2 is 1.54 bits per heavy atom. The Morgan fingerprint density at radius 1 is 0.919 bits per heavy atom. The summed E-state index contributed by atoms with van der Waals surface area (Å²) in [6, 6.07) is 0. The van der Waals surface area contributed by atoms with Gasteiger partial charge in [-0.05, 0) is 81.1 Å². The summed E-state index contributed by atoms with van der Waals surface area (Å²) in [4.78, 5) is 51.2. The quantitative estimate of drug-likeness (QED) is 0.305. The second-order valence-corrected chi connectivity index (χ2v) is 12.9. The van der Waals surface area contributed by atoms with Crippen molar-refractivity contribution in [1.82, 2.24) is 0 Å². The Labute approximate surface area is 220 Å². The van der Waals surface area contributed by atoms with Crippen LogP contribution in [0.1, 0.15) is 94.4 Å². The van der Waals surface area contributed by atoms with Crippen molar-refractivity contribution in [2.45, 2.75) is 112 Å². The van der Waals surface area contributed by atoms with Gasteiger partial charge >= 0.3 is 23.9 Å². The number of carbonyl (C=O) groups is 4. The Hall–Kier alpha value is -2.16. The summed E-state index contributed by atoms with van der Waals surface area (Å²) in [5.41, 5.74) is -4.35. The molecule has 9 heteroatoms. The molecule has 6 unspecified atom stereocenters. The van der Waals surface area contributed by atoms with E-state index in [1.54, 1.807) is 48.5 Å². The molecule has 0 spiro atoms. The van der Waals surface area contributed by atoms with Crippen molar-refractivity contribution in [3.05, 3.63) is 0 Å². The molecule has 0 aromatic heterocycles. The predicted octanol–water partition coefficient (Wildman–Crippen LogP) is 4.54. The molecular weight excluding hydrogens is 480 g/mol. The lowest BCUT2D eigenvalue weighted by Crippen LogP contribution is -2.47. The first-order chi connectivity index (χ1) is 16.9. The summed E-state index contributed by atoms with van der Waals surface area (Å²) < 4.78 is 22.6. The highest BCUT2D eigenvalue weighted by atomic mass is 16.6. The van der Waals surface area contributed by atoms with Gasteiger partial charge in [0.1, 0.15) is 11.7 Å². The summed E-state index contributed by atoms with van der Waals surface area (Å²) in [6.45, 7) is 16.3. The molecule has 2 rings (SSSR count). The molecule has 0 aromatic rings. The molecule has 2 aliphatic rings. The third-order valence-corrected chi connectivity index (χ3v) is 7.74. The van der Waals surface area contributed by atoms with Crippen LogP contribution in [0.15, 0.2) is 0 Å². The number of aliphatic carboxylic acids is 1. The van der Waals surface area contributed by atoms with Gasteiger partial charge in [0.15, 0.2) is 0 Å². The highest BCUT2D eigenvalue weighted by molar-refractivity contribution is 5.82. The number of carbonyl (C=O) groups excluding carboxylic acids is 3. The van der Waals surface area contributed by atoms with Gasteiger partial charge < -0.3 is 24.1 Å². The van der Waals surface area contributed by atoms with E-state index in [0.29, 0.717) is 32.5 Å². The molecule has 9 nitrogen and oxygen atoms in total. The molecule has 1 heterocycles. The van der Waals surface area contributed by atoms with Gasteiger partial charge in [-0.25, -0.2) is 0 Å². The van der Waals surface area contributed by atoms with E-state index in [-0.39, 0.29) is 36.8 Å². The molecule has 1 aliphatic carbocycles. The molecule has 0 bridgehead atoms. The summed E-state index contributed by atoms with van der Waals surface area (Å²) in [6.07, 6.45) is 0.218. The fourth-order valence-corrected chi connectivity index (χ4v) is 5.65. The van der Waals surface area contributed by atoms with Crippen LogP contribution in [0.25, 0.3) is 0 Å². The number of carboxylic acid groups (broad SMARTS) is 1. The van der Waals surface area contributed by atoms with Crippen molar-refractivity contribution in [1.29, 1.82) is 0 Å². The van der Waals surface area contributed by atoms with E-state index in [1.807, 2.05) is 13.8 Å². The first-order valence-corrected chi connectivity index (χ1v) is 13.3. The van der Waals surface area contributed by atoms with Crippen LogP contribution in [0, 0.1) is 28.1 Å². The largest absolute Gasteiger partial charge is 0.481 e. The molecule has 0 amide bonds. The van der Waals surface area contributed by atoms with Crippen LogP contribution in [0.4, 0.5) is 0 Å². The van der Waals surface area contributed by atoms with E-state index in [0.717, 1.165) is 0 Å². The molecule has 0 radical (unpaired) electrons. The molecule has 1 aliphatic heterocycles. The van der Waals surface area contributed by atoms with E-state index in [1.165, 1.54) is 0 Å². The number of hydrogen-bond acceptors (Lipinski definition) is 8. The van der Waals surface area contributed by atoms with Crippen molar-refractivity contribution in [3.8, 4) is 0 Å². The zero-order chi connectivity index (χ0) is 28.4. The molecule has 0 aromatic carbocycles. The van der Waals surface area contributed by atoms with Crippen molar-refractivity contribution in [2.75, 3.05) is 13.2 Å². The van der Waals surface area contributed by atoms with Crippen molar-refractivity contribution < 1.29 is 43.2 Å². The van der Waals surface area contributed by atoms with E-state index in [9.17, 15) is 24.3 Å². The van der Waals surface area contributed by atoms with Crippen LogP contribution in [-0.4, -0.2) is 60.0 Å². The molecule has 6 atom stereocenters. The van der Waals surface area contributed by atoms with Gasteiger partial charge in [-0.15, -0.1) is 0 Å². The maximum Gasteiger partial charge on any atom is 0.312 e. The minimum absolute atomic E-state index is 0.00193. The first-order valence-electron chi connectivity index (χ1n) is 13.3. The molecule has 2 fully saturated rings. The van der Waals surface area contributed by atoms with Gasteiger partial charge in [-0.2, -0.15) is 0 Å². The number of ether oxygens (including phenoxy) is 4. The number of cyclic esters (lactones) is 1. The highest BCUT2D eigenvalue weighted by Gasteiger charge is 2.51. The van der Waals surface area contributed by atoms with Crippen molar-refractivity contribution >= 4 is 23.9 Å². The Balaban J connectivity index is 2.22. The average Bonchev–Trinajstić information content (AvgIpc) is 3.11. The fraction of sp³-hybridized carbons (Fsp3) is 0.857. The van der Waals surface area contributed by atoms with E-state index in [4.69, 9.17) is 18.9 Å². The topological polar surface area (TPSA) is 125 Å². The monoisotopic (exact) mass is 526 g/mol. The lowest BCUT2D eigenvalue weighted by molar-refractivity contribution is -0.180. The van der Waals surface area contributed by atoms with Crippen molar-refractivity contribution in [2.24, 2.45) is 28.1 Å². The van der Waals surface area contributed by atoms with Gasteiger partial charge in [0, 0.05) is 18.9 Å². The smallest absolute Gasteiger partial charge is 0.312 e. The Bertz CT molecular complexity index is 873. The van der Waals surface area contributed by atoms with Crippen LogP contribution in [0.3, 0.4) is 0 Å². The summed E-state index contributed by atoms with van der Waals surface area (Å²) in [5.74, 6) is -2.69. The number of fused-ring (bicyclic) bond motifs is 1. The zero-order valence-corrected chi connectivity index (χ0v) is 24.0. The minimum Gasteiger partial charge on any atom is -0.481 e. The number of esters is 3. The van der Waals surface area contributed by atoms with Gasteiger partial charge in [-0.1, -0.05) is 6.92 Å². The van der Waals surface area contributed by atoms with E-state index < -0.39 is 45.9 Å². The average molecular weight is 527 g/mol. The van der Waals surface area contributed by atoms with E-state index >= 15 is 0 Å². The second-order valence-electron chi connectivity index (χ2n) is 12.9. The number of hydrogen-bond donors (Lipinski definition) is 1. The first kappa shape index (κ1) is 31.1. The Morgan fingerprint density at radius 3 is 2.05 bits per heavy atom. The van der Waals surface area contributed by atoms with Gasteiger partial charge in [0.25, 0.3) is 0 Å². The lowest BCUT2D eigenvalue weighted by atomic mass is 9.65. The van der Waals surface area contributed by atoms with Crippen LogP contribution < -0.4 is 0 Å². The predicted molar refractivity (Wildman–Crippen MR) is 135 cm³/mol.